The number of rotatable bonds is 1. The van der Waals surface area contributed by atoms with Gasteiger partial charge in [-0.05, 0) is 0 Å². The van der Waals surface area contributed by atoms with Gasteiger partial charge < -0.3 is 15.1 Å². The number of aliphatic hydroxyl groups is 2. The van der Waals surface area contributed by atoms with Crippen molar-refractivity contribution in [2.24, 2.45) is 5.10 Å². The predicted molar refractivity (Wildman–Crippen MR) is 58.0 cm³/mol. The summed E-state index contributed by atoms with van der Waals surface area (Å²) in [5.41, 5.74) is 0.299. The SMILES string of the molecule is CN1N=C(C(=O)N2C[C@@H](O)[C@@H](O)C2)CCC1=O. The number of likely N-dealkylation sites (tertiary alicyclic amines) is 1. The maximum absolute atomic E-state index is 12.0. The highest BCUT2D eigenvalue weighted by molar-refractivity contribution is 6.39. The molecule has 17 heavy (non-hydrogen) atoms. The molecule has 2 atom stereocenters. The minimum Gasteiger partial charge on any atom is -0.388 e. The van der Waals surface area contributed by atoms with Gasteiger partial charge in [0.25, 0.3) is 5.91 Å². The molecule has 2 amide bonds. The van der Waals surface area contributed by atoms with Crippen molar-refractivity contribution in [3.8, 4) is 0 Å². The maximum Gasteiger partial charge on any atom is 0.270 e. The van der Waals surface area contributed by atoms with Crippen LogP contribution in [-0.2, 0) is 9.59 Å². The van der Waals surface area contributed by atoms with Crippen molar-refractivity contribution in [2.45, 2.75) is 25.0 Å². The lowest BCUT2D eigenvalue weighted by Crippen LogP contribution is -2.40. The summed E-state index contributed by atoms with van der Waals surface area (Å²) in [6, 6.07) is 0. The normalized spacial score (nSPS) is 29.6. The van der Waals surface area contributed by atoms with Gasteiger partial charge in [0.05, 0.1) is 12.2 Å². The summed E-state index contributed by atoms with van der Waals surface area (Å²) < 4.78 is 0. The van der Waals surface area contributed by atoms with Gasteiger partial charge in [-0.2, -0.15) is 5.10 Å². The van der Waals surface area contributed by atoms with Gasteiger partial charge in [-0.25, -0.2) is 5.01 Å². The molecule has 0 saturated carbocycles. The third-order valence-electron chi connectivity index (χ3n) is 3.00. The molecule has 2 aliphatic rings. The third kappa shape index (κ3) is 2.29. The zero-order valence-corrected chi connectivity index (χ0v) is 9.54. The Kier molecular flexibility index (Phi) is 3.12. The molecule has 7 nitrogen and oxygen atoms in total. The van der Waals surface area contributed by atoms with Gasteiger partial charge in [0.2, 0.25) is 5.91 Å². The Morgan fingerprint density at radius 2 is 1.88 bits per heavy atom. The van der Waals surface area contributed by atoms with E-state index in [0.29, 0.717) is 12.1 Å². The predicted octanol–water partition coefficient (Wildman–Crippen LogP) is -1.84. The van der Waals surface area contributed by atoms with Gasteiger partial charge in [0, 0.05) is 33.0 Å². The highest BCUT2D eigenvalue weighted by Gasteiger charge is 2.35. The van der Waals surface area contributed by atoms with Crippen LogP contribution in [-0.4, -0.2) is 70.0 Å². The molecule has 0 aliphatic carbocycles. The molecule has 0 unspecified atom stereocenters. The molecular formula is C10H15N3O4. The molecule has 1 fully saturated rings. The molecule has 0 aromatic heterocycles. The van der Waals surface area contributed by atoms with Crippen molar-refractivity contribution in [1.82, 2.24) is 9.91 Å². The molecule has 2 aliphatic heterocycles. The van der Waals surface area contributed by atoms with Crippen LogP contribution in [0.5, 0.6) is 0 Å². The molecule has 0 spiro atoms. The van der Waals surface area contributed by atoms with Crippen LogP contribution in [0.4, 0.5) is 0 Å². The van der Waals surface area contributed by atoms with Crippen LogP contribution < -0.4 is 0 Å². The summed E-state index contributed by atoms with van der Waals surface area (Å²) in [4.78, 5) is 24.5. The lowest BCUT2D eigenvalue weighted by atomic mass is 10.1. The molecule has 2 heterocycles. The first-order chi connectivity index (χ1) is 7.99. The molecule has 7 heteroatoms. The van der Waals surface area contributed by atoms with Crippen LogP contribution in [0, 0.1) is 0 Å². The van der Waals surface area contributed by atoms with Crippen molar-refractivity contribution in [1.29, 1.82) is 0 Å². The summed E-state index contributed by atoms with van der Waals surface area (Å²) in [5, 5.41) is 23.8. The van der Waals surface area contributed by atoms with Crippen LogP contribution >= 0.6 is 0 Å². The fourth-order valence-corrected chi connectivity index (χ4v) is 1.94. The quantitative estimate of drug-likeness (QED) is 0.564. The minimum absolute atomic E-state index is 0.108. The average molecular weight is 241 g/mol. The summed E-state index contributed by atoms with van der Waals surface area (Å²) in [6.45, 7) is 0.216. The van der Waals surface area contributed by atoms with Gasteiger partial charge in [0.15, 0.2) is 0 Å². The summed E-state index contributed by atoms with van der Waals surface area (Å²) >= 11 is 0. The smallest absolute Gasteiger partial charge is 0.270 e. The highest BCUT2D eigenvalue weighted by atomic mass is 16.3. The van der Waals surface area contributed by atoms with Gasteiger partial charge in [-0.3, -0.25) is 9.59 Å². The van der Waals surface area contributed by atoms with E-state index in [4.69, 9.17) is 0 Å². The Hall–Kier alpha value is -1.47. The largest absolute Gasteiger partial charge is 0.388 e. The van der Waals surface area contributed by atoms with E-state index in [0.717, 1.165) is 5.01 Å². The fourth-order valence-electron chi connectivity index (χ4n) is 1.94. The zero-order valence-electron chi connectivity index (χ0n) is 9.54. The van der Waals surface area contributed by atoms with E-state index in [1.54, 1.807) is 0 Å². The van der Waals surface area contributed by atoms with Crippen molar-refractivity contribution in [3.63, 3.8) is 0 Å². The fraction of sp³-hybridized carbons (Fsp3) is 0.700. The number of carbonyl (C=O) groups excluding carboxylic acids is 2. The van der Waals surface area contributed by atoms with Crippen molar-refractivity contribution in [2.75, 3.05) is 20.1 Å². The van der Waals surface area contributed by atoms with E-state index in [9.17, 15) is 19.8 Å². The van der Waals surface area contributed by atoms with E-state index in [2.05, 4.69) is 5.10 Å². The third-order valence-corrected chi connectivity index (χ3v) is 3.00. The highest BCUT2D eigenvalue weighted by Crippen LogP contribution is 2.14. The van der Waals surface area contributed by atoms with E-state index in [-0.39, 0.29) is 31.3 Å². The lowest BCUT2D eigenvalue weighted by Gasteiger charge is -2.22. The van der Waals surface area contributed by atoms with Gasteiger partial charge in [0.1, 0.15) is 5.71 Å². The van der Waals surface area contributed by atoms with Gasteiger partial charge in [-0.15, -0.1) is 0 Å². The Labute approximate surface area is 98.3 Å². The first kappa shape index (κ1) is 12.0. The number of hydrazone groups is 1. The maximum atomic E-state index is 12.0. The molecule has 0 bridgehead atoms. The summed E-state index contributed by atoms with van der Waals surface area (Å²) in [7, 11) is 1.50. The first-order valence-electron chi connectivity index (χ1n) is 5.48. The van der Waals surface area contributed by atoms with Crippen LogP contribution in [0.1, 0.15) is 12.8 Å². The molecule has 94 valence electrons. The lowest BCUT2D eigenvalue weighted by molar-refractivity contribution is -0.130. The number of nitrogens with zero attached hydrogens (tertiary/aromatic N) is 3. The van der Waals surface area contributed by atoms with Crippen LogP contribution in [0.2, 0.25) is 0 Å². The minimum atomic E-state index is -0.900. The van der Waals surface area contributed by atoms with Crippen LogP contribution in [0.3, 0.4) is 0 Å². The number of hydrogen-bond donors (Lipinski definition) is 2. The Morgan fingerprint density at radius 1 is 1.29 bits per heavy atom. The Bertz CT molecular complexity index is 372. The summed E-state index contributed by atoms with van der Waals surface area (Å²) in [5.74, 6) is -0.442. The molecular weight excluding hydrogens is 226 g/mol. The van der Waals surface area contributed by atoms with Crippen molar-refractivity contribution < 1.29 is 19.8 Å². The molecule has 1 saturated heterocycles. The Balaban J connectivity index is 2.06. The number of β-amino-alcohol motifs (C(OH)–C–C–N with tert-alkyl or cyclic N) is 2. The van der Waals surface area contributed by atoms with Gasteiger partial charge in [-0.1, -0.05) is 0 Å². The summed E-state index contributed by atoms with van der Waals surface area (Å²) in [6.07, 6.45) is -1.23. The zero-order chi connectivity index (χ0) is 12.6. The van der Waals surface area contributed by atoms with Crippen molar-refractivity contribution in [3.05, 3.63) is 0 Å². The average Bonchev–Trinajstić information content (AvgIpc) is 2.62. The molecule has 0 radical (unpaired) electrons. The van der Waals surface area contributed by atoms with Crippen molar-refractivity contribution >= 4 is 17.5 Å². The number of amides is 2. The number of aliphatic hydroxyl groups excluding tert-OH is 2. The second kappa shape index (κ2) is 4.42. The van der Waals surface area contributed by atoms with Crippen LogP contribution in [0.15, 0.2) is 5.10 Å². The number of carbonyl (C=O) groups is 2. The molecule has 0 aromatic carbocycles. The molecule has 0 aromatic rings. The van der Waals surface area contributed by atoms with E-state index >= 15 is 0 Å². The standard InChI is InChI=1S/C10H15N3O4/c1-12-9(16)3-2-6(11-12)10(17)13-4-7(14)8(15)5-13/h7-8,14-15H,2-5H2,1H3/t7-,8+. The van der Waals surface area contributed by atoms with E-state index in [1.165, 1.54) is 11.9 Å². The Morgan fingerprint density at radius 3 is 2.41 bits per heavy atom. The first-order valence-corrected chi connectivity index (χ1v) is 5.48. The second-order valence-corrected chi connectivity index (χ2v) is 4.31. The second-order valence-electron chi connectivity index (χ2n) is 4.31. The topological polar surface area (TPSA) is 93.4 Å². The molecule has 2 rings (SSSR count). The van der Waals surface area contributed by atoms with Crippen LogP contribution in [0.25, 0.3) is 0 Å². The molecule has 2 N–H and O–H groups in total. The van der Waals surface area contributed by atoms with E-state index < -0.39 is 12.2 Å². The monoisotopic (exact) mass is 241 g/mol. The van der Waals surface area contributed by atoms with Gasteiger partial charge >= 0.3 is 0 Å². The van der Waals surface area contributed by atoms with E-state index in [1.807, 2.05) is 0 Å². The number of hydrogen-bond acceptors (Lipinski definition) is 5.